The van der Waals surface area contributed by atoms with E-state index in [0.29, 0.717) is 35.1 Å². The predicted molar refractivity (Wildman–Crippen MR) is 106 cm³/mol. The maximum atomic E-state index is 14.8. The molecule has 3 aromatic rings. The Morgan fingerprint density at radius 1 is 1.17 bits per heavy atom. The zero-order chi connectivity index (χ0) is 20.0. The normalized spacial score (nSPS) is 18.1. The molecule has 1 unspecified atom stereocenters. The van der Waals surface area contributed by atoms with E-state index in [2.05, 4.69) is 15.4 Å². The Labute approximate surface area is 167 Å². The van der Waals surface area contributed by atoms with Gasteiger partial charge in [0.25, 0.3) is 0 Å². The Kier molecular flexibility index (Phi) is 4.16. The molecule has 0 saturated heterocycles. The molecule has 2 aromatic carbocycles. The first-order chi connectivity index (χ1) is 14.2. The van der Waals surface area contributed by atoms with E-state index < -0.39 is 6.04 Å². The summed E-state index contributed by atoms with van der Waals surface area (Å²) in [5.74, 6) is 1.34. The molecular weight excluding hydrogens is 371 g/mol. The number of ether oxygens (including phenoxy) is 1. The maximum absolute atomic E-state index is 14.8. The van der Waals surface area contributed by atoms with Gasteiger partial charge in [-0.25, -0.2) is 9.07 Å². The highest BCUT2D eigenvalue weighted by Gasteiger charge is 2.38. The van der Waals surface area contributed by atoms with Crippen LogP contribution >= 0.6 is 0 Å². The van der Waals surface area contributed by atoms with Crippen LogP contribution in [0.25, 0.3) is 11.4 Å². The lowest BCUT2D eigenvalue weighted by Gasteiger charge is -2.32. The van der Waals surface area contributed by atoms with Crippen molar-refractivity contribution >= 4 is 11.7 Å². The molecule has 1 N–H and O–H groups in total. The third-order valence-electron chi connectivity index (χ3n) is 5.40. The first kappa shape index (κ1) is 17.6. The number of nitrogens with zero attached hydrogens (tertiary/aromatic N) is 3. The standard InChI is InChI=1S/C22H19FN4O2/c1-29-14-7-4-6-13(12-14)21-25-22-24-17-10-5-11-18(28)19(17)20(27(22)26-21)15-8-2-3-9-16(15)23/h2-4,6-9,12,20H,5,10-11H2,1H3,(H,24,25,26). The van der Waals surface area contributed by atoms with E-state index >= 15 is 0 Å². The highest BCUT2D eigenvalue weighted by Crippen LogP contribution is 2.41. The topological polar surface area (TPSA) is 69.0 Å². The first-order valence-electron chi connectivity index (χ1n) is 9.54. The van der Waals surface area contributed by atoms with Crippen molar-refractivity contribution in [1.29, 1.82) is 0 Å². The van der Waals surface area contributed by atoms with Crippen molar-refractivity contribution in [3.63, 3.8) is 0 Å². The number of hydrogen-bond donors (Lipinski definition) is 1. The van der Waals surface area contributed by atoms with Crippen molar-refractivity contribution in [3.05, 3.63) is 71.2 Å². The van der Waals surface area contributed by atoms with Crippen LogP contribution in [-0.4, -0.2) is 27.7 Å². The van der Waals surface area contributed by atoms with Gasteiger partial charge in [0.05, 0.1) is 7.11 Å². The molecule has 7 heteroatoms. The molecule has 6 nitrogen and oxygen atoms in total. The van der Waals surface area contributed by atoms with Gasteiger partial charge in [-0.2, -0.15) is 4.98 Å². The van der Waals surface area contributed by atoms with Gasteiger partial charge in [0.1, 0.15) is 17.6 Å². The van der Waals surface area contributed by atoms with Crippen molar-refractivity contribution in [1.82, 2.24) is 14.8 Å². The minimum Gasteiger partial charge on any atom is -0.497 e. The molecule has 1 aromatic heterocycles. The van der Waals surface area contributed by atoms with Crippen LogP contribution in [0.2, 0.25) is 0 Å². The van der Waals surface area contributed by atoms with Gasteiger partial charge in [0.15, 0.2) is 11.6 Å². The Morgan fingerprint density at radius 3 is 2.86 bits per heavy atom. The van der Waals surface area contributed by atoms with Crippen molar-refractivity contribution in [2.24, 2.45) is 0 Å². The summed E-state index contributed by atoms with van der Waals surface area (Å²) >= 11 is 0. The SMILES string of the molecule is COc1cccc(-c2nc3n(n2)C(c2ccccc2F)C2=C(CCCC2=O)N3)c1. The number of halogens is 1. The molecule has 2 heterocycles. The molecular formula is C22H19FN4O2. The monoisotopic (exact) mass is 390 g/mol. The van der Waals surface area contributed by atoms with Gasteiger partial charge in [-0.1, -0.05) is 30.3 Å². The molecule has 0 saturated carbocycles. The Hall–Kier alpha value is -3.48. The lowest BCUT2D eigenvalue weighted by molar-refractivity contribution is -0.116. The summed E-state index contributed by atoms with van der Waals surface area (Å²) in [7, 11) is 1.60. The number of benzene rings is 2. The Bertz CT molecular complexity index is 1150. The van der Waals surface area contributed by atoms with Crippen molar-refractivity contribution < 1.29 is 13.9 Å². The zero-order valence-corrected chi connectivity index (χ0v) is 15.9. The molecule has 146 valence electrons. The number of carbonyl (C=O) groups is 1. The van der Waals surface area contributed by atoms with E-state index in [4.69, 9.17) is 4.74 Å². The first-order valence-corrected chi connectivity index (χ1v) is 9.54. The third kappa shape index (κ3) is 2.90. The van der Waals surface area contributed by atoms with Gasteiger partial charge in [-0.3, -0.25) is 4.79 Å². The van der Waals surface area contributed by atoms with E-state index in [1.165, 1.54) is 6.07 Å². The highest BCUT2D eigenvalue weighted by molar-refractivity contribution is 5.99. The number of ketones is 1. The van der Waals surface area contributed by atoms with Crippen LogP contribution in [0.3, 0.4) is 0 Å². The molecule has 0 bridgehead atoms. The minimum absolute atomic E-state index is 0.0242. The van der Waals surface area contributed by atoms with Gasteiger partial charge in [-0.15, -0.1) is 5.10 Å². The number of allylic oxidation sites excluding steroid dienone is 2. The Balaban J connectivity index is 1.68. The van der Waals surface area contributed by atoms with Gasteiger partial charge in [0, 0.05) is 28.8 Å². The number of anilines is 1. The zero-order valence-electron chi connectivity index (χ0n) is 15.9. The largest absolute Gasteiger partial charge is 0.497 e. The third-order valence-corrected chi connectivity index (χ3v) is 5.40. The van der Waals surface area contributed by atoms with Crippen LogP contribution in [0.4, 0.5) is 10.3 Å². The van der Waals surface area contributed by atoms with Crippen LogP contribution in [0.1, 0.15) is 30.9 Å². The van der Waals surface area contributed by atoms with Gasteiger partial charge in [0.2, 0.25) is 5.95 Å². The molecule has 29 heavy (non-hydrogen) atoms. The van der Waals surface area contributed by atoms with Crippen LogP contribution < -0.4 is 10.1 Å². The number of rotatable bonds is 3. The second-order valence-electron chi connectivity index (χ2n) is 7.15. The Morgan fingerprint density at radius 2 is 2.03 bits per heavy atom. The quantitative estimate of drug-likeness (QED) is 0.729. The summed E-state index contributed by atoms with van der Waals surface area (Å²) in [6.07, 6.45) is 1.96. The second kappa shape index (κ2) is 6.84. The van der Waals surface area contributed by atoms with Gasteiger partial charge in [-0.05, 0) is 31.0 Å². The number of hydrogen-bond acceptors (Lipinski definition) is 5. The number of carbonyl (C=O) groups excluding carboxylic acids is 1. The molecule has 5 rings (SSSR count). The molecule has 0 spiro atoms. The van der Waals surface area contributed by atoms with E-state index in [1.54, 1.807) is 30.0 Å². The number of methoxy groups -OCH3 is 1. The molecule has 0 fully saturated rings. The van der Waals surface area contributed by atoms with Crippen LogP contribution in [-0.2, 0) is 4.79 Å². The fourth-order valence-electron chi connectivity index (χ4n) is 4.03. The van der Waals surface area contributed by atoms with E-state index in [0.717, 1.165) is 24.1 Å². The van der Waals surface area contributed by atoms with Crippen LogP contribution in [0.15, 0.2) is 59.8 Å². The molecule has 2 aliphatic rings. The number of fused-ring (bicyclic) bond motifs is 1. The lowest BCUT2D eigenvalue weighted by Crippen LogP contribution is -2.32. The minimum atomic E-state index is -0.637. The van der Waals surface area contributed by atoms with Crippen molar-refractivity contribution in [2.75, 3.05) is 12.4 Å². The molecule has 1 aliphatic heterocycles. The smallest absolute Gasteiger partial charge is 0.226 e. The summed E-state index contributed by atoms with van der Waals surface area (Å²) in [5, 5.41) is 7.92. The van der Waals surface area contributed by atoms with Crippen LogP contribution in [0.5, 0.6) is 5.75 Å². The van der Waals surface area contributed by atoms with Crippen molar-refractivity contribution in [3.8, 4) is 17.1 Å². The molecule has 1 atom stereocenters. The number of Topliss-reactive ketones (excluding diaryl/α,β-unsaturated/α-hetero) is 1. The highest BCUT2D eigenvalue weighted by atomic mass is 19.1. The lowest BCUT2D eigenvalue weighted by atomic mass is 9.85. The average Bonchev–Trinajstić information content (AvgIpc) is 3.17. The number of aromatic nitrogens is 3. The molecule has 0 amide bonds. The van der Waals surface area contributed by atoms with E-state index in [9.17, 15) is 9.18 Å². The fourth-order valence-corrected chi connectivity index (χ4v) is 4.03. The predicted octanol–water partition coefficient (Wildman–Crippen LogP) is 4.11. The van der Waals surface area contributed by atoms with Gasteiger partial charge < -0.3 is 10.1 Å². The van der Waals surface area contributed by atoms with E-state index in [1.807, 2.05) is 24.3 Å². The summed E-state index contributed by atoms with van der Waals surface area (Å²) < 4.78 is 21.7. The van der Waals surface area contributed by atoms with E-state index in [-0.39, 0.29) is 11.6 Å². The maximum Gasteiger partial charge on any atom is 0.226 e. The van der Waals surface area contributed by atoms with Gasteiger partial charge >= 0.3 is 0 Å². The summed E-state index contributed by atoms with van der Waals surface area (Å²) in [5.41, 5.74) is 2.59. The molecule has 0 radical (unpaired) electrons. The van der Waals surface area contributed by atoms with Crippen LogP contribution in [0, 0.1) is 5.82 Å². The average molecular weight is 390 g/mol. The molecule has 1 aliphatic carbocycles. The summed E-state index contributed by atoms with van der Waals surface area (Å²) in [6.45, 7) is 0. The summed E-state index contributed by atoms with van der Waals surface area (Å²) in [4.78, 5) is 17.4. The second-order valence-corrected chi connectivity index (χ2v) is 7.15. The fraction of sp³-hybridized carbons (Fsp3) is 0.227. The van der Waals surface area contributed by atoms with Crippen molar-refractivity contribution in [2.45, 2.75) is 25.3 Å². The summed E-state index contributed by atoms with van der Waals surface area (Å²) in [6, 6.07) is 13.3. The number of nitrogens with one attached hydrogen (secondary N) is 1.